The second kappa shape index (κ2) is 10.9. The van der Waals surface area contributed by atoms with Gasteiger partial charge in [-0.05, 0) is 66.7 Å². The van der Waals surface area contributed by atoms with Crippen LogP contribution >= 0.6 is 0 Å². The van der Waals surface area contributed by atoms with E-state index in [0.717, 1.165) is 0 Å². The summed E-state index contributed by atoms with van der Waals surface area (Å²) >= 11 is 0. The third-order valence-electron chi connectivity index (χ3n) is 10.9. The van der Waals surface area contributed by atoms with Crippen molar-refractivity contribution in [3.63, 3.8) is 0 Å². The number of hydrogen-bond donors (Lipinski definition) is 0. The molecule has 11 aromatic rings. The number of hydrogen-bond acceptors (Lipinski definition) is 0. The lowest BCUT2D eigenvalue weighted by Crippen LogP contribution is -1.99. The van der Waals surface area contributed by atoms with E-state index in [1.165, 1.54) is 104 Å². The molecule has 51 heavy (non-hydrogen) atoms. The Bertz CT molecular complexity index is 3110. The highest BCUT2D eigenvalue weighted by Crippen LogP contribution is 2.49. The van der Waals surface area contributed by atoms with Crippen molar-refractivity contribution in [3.8, 4) is 27.9 Å². The van der Waals surface area contributed by atoms with Crippen molar-refractivity contribution in [1.29, 1.82) is 0 Å². The minimum absolute atomic E-state index is 1.21. The Hall–Kier alpha value is -6.70. The van der Waals surface area contributed by atoms with E-state index >= 15 is 0 Å². The molecule has 0 spiro atoms. The van der Waals surface area contributed by atoms with Crippen LogP contribution in [0.1, 0.15) is 0 Å². The minimum Gasteiger partial charge on any atom is -0.307 e. The molecule has 0 amide bonds. The van der Waals surface area contributed by atoms with Gasteiger partial charge in [0, 0.05) is 32.3 Å². The minimum atomic E-state index is 1.21. The summed E-state index contributed by atoms with van der Waals surface area (Å²) in [6.07, 6.45) is 0. The average Bonchev–Trinajstić information content (AvgIpc) is 3.55. The van der Waals surface area contributed by atoms with Crippen LogP contribution in [0.2, 0.25) is 0 Å². The normalized spacial score (nSPS) is 11.9. The van der Waals surface area contributed by atoms with Crippen LogP contribution in [0.15, 0.2) is 188 Å². The summed E-state index contributed by atoms with van der Waals surface area (Å²) in [5, 5.41) is 15.2. The van der Waals surface area contributed by atoms with Gasteiger partial charge in [-0.3, -0.25) is 0 Å². The van der Waals surface area contributed by atoms with Gasteiger partial charge >= 0.3 is 0 Å². The third-order valence-corrected chi connectivity index (χ3v) is 10.9. The predicted octanol–water partition coefficient (Wildman–Crippen LogP) is 13.9. The van der Waals surface area contributed by atoms with E-state index in [9.17, 15) is 0 Å². The average molecular weight is 646 g/mol. The van der Waals surface area contributed by atoms with Crippen LogP contribution in [0, 0.1) is 0 Å². The summed E-state index contributed by atoms with van der Waals surface area (Å²) in [4.78, 5) is 0. The van der Waals surface area contributed by atoms with Crippen LogP contribution in [0.25, 0.3) is 104 Å². The molecular formula is C50H31N. The summed E-state index contributed by atoms with van der Waals surface area (Å²) in [6, 6.07) is 69.2. The number of nitrogens with zero attached hydrogens (tertiary/aromatic N) is 1. The maximum atomic E-state index is 2.59. The monoisotopic (exact) mass is 645 g/mol. The number of fused-ring (bicyclic) bond motifs is 12. The van der Waals surface area contributed by atoms with Gasteiger partial charge in [0.2, 0.25) is 0 Å². The molecular weight excluding hydrogens is 615 g/mol. The van der Waals surface area contributed by atoms with Gasteiger partial charge in [0.05, 0.1) is 16.7 Å². The van der Waals surface area contributed by atoms with E-state index in [4.69, 9.17) is 0 Å². The molecule has 0 radical (unpaired) electrons. The summed E-state index contributed by atoms with van der Waals surface area (Å²) < 4.78 is 2.59. The second-order valence-corrected chi connectivity index (χ2v) is 13.6. The zero-order valence-electron chi connectivity index (χ0n) is 27.8. The van der Waals surface area contributed by atoms with Crippen LogP contribution < -0.4 is 0 Å². The standard InChI is InChI=1S/C50H31N/c1-3-17-32(18-4-1)43-31-44-35-22-8-12-26-39(35)50-48(47(44)36-23-9-7-21-34(36)43)42-29-15-16-30-45(42)51(50)49-40-27-13-10-24-37(40)46(33-19-5-2-6-20-33)38-25-11-14-28-41(38)49/h1-31H. The van der Waals surface area contributed by atoms with Crippen LogP contribution in [0.4, 0.5) is 0 Å². The molecule has 0 aliphatic heterocycles. The largest absolute Gasteiger partial charge is 0.307 e. The Labute approximate surface area is 295 Å². The van der Waals surface area contributed by atoms with Crippen molar-refractivity contribution in [2.75, 3.05) is 0 Å². The molecule has 1 nitrogen and oxygen atoms in total. The Balaban J connectivity index is 1.41. The molecule has 0 N–H and O–H groups in total. The Morgan fingerprint density at radius 1 is 0.294 bits per heavy atom. The van der Waals surface area contributed by atoms with E-state index in [2.05, 4.69) is 193 Å². The van der Waals surface area contributed by atoms with Crippen LogP contribution in [-0.4, -0.2) is 4.57 Å². The molecule has 0 aliphatic carbocycles. The molecule has 0 saturated heterocycles. The number of para-hydroxylation sites is 1. The topological polar surface area (TPSA) is 4.93 Å². The molecule has 0 aliphatic rings. The molecule has 1 aromatic heterocycles. The van der Waals surface area contributed by atoms with Gasteiger partial charge in [-0.1, -0.05) is 176 Å². The zero-order chi connectivity index (χ0) is 33.5. The van der Waals surface area contributed by atoms with E-state index in [1.807, 2.05) is 0 Å². The molecule has 0 saturated carbocycles. The van der Waals surface area contributed by atoms with Crippen LogP contribution in [0.5, 0.6) is 0 Å². The third kappa shape index (κ3) is 3.98. The van der Waals surface area contributed by atoms with E-state index < -0.39 is 0 Å². The quantitative estimate of drug-likeness (QED) is 0.133. The summed E-state index contributed by atoms with van der Waals surface area (Å²) in [5.41, 5.74) is 8.70. The highest BCUT2D eigenvalue weighted by atomic mass is 15.0. The maximum Gasteiger partial charge on any atom is 0.0626 e. The van der Waals surface area contributed by atoms with E-state index in [-0.39, 0.29) is 0 Å². The van der Waals surface area contributed by atoms with Crippen molar-refractivity contribution >= 4 is 75.7 Å². The SMILES string of the molecule is c1ccc(-c2c3ccccc3c(-n3c4ccccc4c4c5c6ccccc6c(-c6ccccc6)cc5c5ccccc5c43)c3ccccc23)cc1. The fourth-order valence-electron chi connectivity index (χ4n) is 8.88. The fourth-order valence-corrected chi connectivity index (χ4v) is 8.88. The van der Waals surface area contributed by atoms with Crippen molar-refractivity contribution in [2.45, 2.75) is 0 Å². The molecule has 0 unspecified atom stereocenters. The van der Waals surface area contributed by atoms with Gasteiger partial charge in [0.25, 0.3) is 0 Å². The Kier molecular flexibility index (Phi) is 6.02. The van der Waals surface area contributed by atoms with E-state index in [1.54, 1.807) is 0 Å². The molecule has 0 bridgehead atoms. The highest BCUT2D eigenvalue weighted by molar-refractivity contribution is 6.38. The van der Waals surface area contributed by atoms with Crippen molar-refractivity contribution in [2.24, 2.45) is 0 Å². The number of aromatic nitrogens is 1. The van der Waals surface area contributed by atoms with Gasteiger partial charge < -0.3 is 4.57 Å². The molecule has 1 heteroatoms. The molecule has 10 aromatic carbocycles. The van der Waals surface area contributed by atoms with Crippen molar-refractivity contribution in [3.05, 3.63) is 188 Å². The van der Waals surface area contributed by atoms with Gasteiger partial charge in [-0.25, -0.2) is 0 Å². The lowest BCUT2D eigenvalue weighted by atomic mass is 9.88. The number of rotatable bonds is 3. The van der Waals surface area contributed by atoms with Gasteiger partial charge in [0.1, 0.15) is 0 Å². The molecule has 11 rings (SSSR count). The second-order valence-electron chi connectivity index (χ2n) is 13.6. The zero-order valence-corrected chi connectivity index (χ0v) is 27.8. The summed E-state index contributed by atoms with van der Waals surface area (Å²) in [6.45, 7) is 0. The molecule has 0 atom stereocenters. The summed E-state index contributed by atoms with van der Waals surface area (Å²) in [7, 11) is 0. The Morgan fingerprint density at radius 2 is 0.765 bits per heavy atom. The molecule has 1 heterocycles. The van der Waals surface area contributed by atoms with Crippen LogP contribution in [-0.2, 0) is 0 Å². The fraction of sp³-hybridized carbons (Fsp3) is 0. The van der Waals surface area contributed by atoms with E-state index in [0.29, 0.717) is 0 Å². The molecule has 0 fully saturated rings. The van der Waals surface area contributed by atoms with Gasteiger partial charge in [-0.15, -0.1) is 0 Å². The smallest absolute Gasteiger partial charge is 0.0626 e. The number of benzene rings is 10. The lowest BCUT2D eigenvalue weighted by Gasteiger charge is -2.20. The maximum absolute atomic E-state index is 2.59. The van der Waals surface area contributed by atoms with Gasteiger partial charge in [-0.2, -0.15) is 0 Å². The first-order chi connectivity index (χ1) is 25.4. The summed E-state index contributed by atoms with van der Waals surface area (Å²) in [5.74, 6) is 0. The van der Waals surface area contributed by atoms with Crippen LogP contribution in [0.3, 0.4) is 0 Å². The Morgan fingerprint density at radius 3 is 1.41 bits per heavy atom. The first kappa shape index (κ1) is 28.2. The van der Waals surface area contributed by atoms with Crippen molar-refractivity contribution in [1.82, 2.24) is 4.57 Å². The lowest BCUT2D eigenvalue weighted by molar-refractivity contribution is 1.22. The predicted molar refractivity (Wildman–Crippen MR) is 219 cm³/mol. The molecule has 236 valence electrons. The first-order valence-corrected chi connectivity index (χ1v) is 17.7. The van der Waals surface area contributed by atoms with Crippen molar-refractivity contribution < 1.29 is 0 Å². The first-order valence-electron chi connectivity index (χ1n) is 17.7. The van der Waals surface area contributed by atoms with Gasteiger partial charge in [0.15, 0.2) is 0 Å². The highest BCUT2D eigenvalue weighted by Gasteiger charge is 2.24.